The van der Waals surface area contributed by atoms with Gasteiger partial charge in [-0.05, 0) is 52.5 Å². The van der Waals surface area contributed by atoms with E-state index in [4.69, 9.17) is 0 Å². The highest BCUT2D eigenvalue weighted by Crippen LogP contribution is 2.25. The summed E-state index contributed by atoms with van der Waals surface area (Å²) in [4.78, 5) is 2.25. The maximum atomic E-state index is 3.56. The number of nitrogens with one attached hydrogen (secondary N) is 1. The minimum Gasteiger partial charge on any atom is -0.317 e. The maximum Gasteiger partial charge on any atom is -0.00127 e. The molecule has 0 saturated heterocycles. The summed E-state index contributed by atoms with van der Waals surface area (Å²) >= 11 is 0. The first-order chi connectivity index (χ1) is 7.29. The zero-order valence-electron chi connectivity index (χ0n) is 10.6. The van der Waals surface area contributed by atoms with E-state index in [1.165, 1.54) is 64.6 Å². The molecule has 0 aromatic carbocycles. The molecule has 0 unspecified atom stereocenters. The van der Waals surface area contributed by atoms with Crippen molar-refractivity contribution >= 4 is 0 Å². The van der Waals surface area contributed by atoms with Crippen LogP contribution in [0.5, 0.6) is 0 Å². The van der Waals surface area contributed by atoms with Crippen LogP contribution in [0.2, 0.25) is 0 Å². The Hall–Kier alpha value is -0.0800. The third-order valence-corrected chi connectivity index (χ3v) is 3.41. The average Bonchev–Trinajstić information content (AvgIpc) is 2.24. The zero-order chi connectivity index (χ0) is 10.9. The standard InChI is InChI=1S/C13H28N2/c1-15(2)12-6-10-14-11-9-13-7-4-3-5-8-13/h13-14H,3-12H2,1-2H3. The monoisotopic (exact) mass is 212 g/mol. The molecule has 0 amide bonds. The second kappa shape index (κ2) is 8.12. The predicted molar refractivity (Wildman–Crippen MR) is 67.2 cm³/mol. The fourth-order valence-electron chi connectivity index (χ4n) is 2.43. The molecule has 0 aromatic rings. The Morgan fingerprint density at radius 3 is 2.47 bits per heavy atom. The molecule has 0 heterocycles. The normalized spacial score (nSPS) is 18.6. The summed E-state index contributed by atoms with van der Waals surface area (Å²) in [7, 11) is 4.28. The van der Waals surface area contributed by atoms with Gasteiger partial charge in [0.05, 0.1) is 0 Å². The first kappa shape index (κ1) is 13.0. The number of hydrogen-bond donors (Lipinski definition) is 1. The van der Waals surface area contributed by atoms with Crippen molar-refractivity contribution in [2.45, 2.75) is 44.9 Å². The minimum atomic E-state index is 1.03. The van der Waals surface area contributed by atoms with Gasteiger partial charge in [0.1, 0.15) is 0 Å². The molecule has 1 aliphatic carbocycles. The fourth-order valence-corrected chi connectivity index (χ4v) is 2.43. The molecular weight excluding hydrogens is 184 g/mol. The first-order valence-electron chi connectivity index (χ1n) is 6.64. The molecule has 90 valence electrons. The van der Waals surface area contributed by atoms with Crippen LogP contribution in [0.15, 0.2) is 0 Å². The summed E-state index contributed by atoms with van der Waals surface area (Å²) in [6.45, 7) is 3.62. The van der Waals surface area contributed by atoms with Gasteiger partial charge in [-0.25, -0.2) is 0 Å². The SMILES string of the molecule is CN(C)CCCNCCC1CCCCC1. The van der Waals surface area contributed by atoms with E-state index < -0.39 is 0 Å². The van der Waals surface area contributed by atoms with Crippen molar-refractivity contribution in [1.82, 2.24) is 10.2 Å². The van der Waals surface area contributed by atoms with E-state index in [-0.39, 0.29) is 0 Å². The molecule has 1 saturated carbocycles. The number of hydrogen-bond acceptors (Lipinski definition) is 2. The molecule has 1 rings (SSSR count). The molecule has 0 atom stereocenters. The Morgan fingerprint density at radius 1 is 1.07 bits per heavy atom. The van der Waals surface area contributed by atoms with Crippen molar-refractivity contribution < 1.29 is 0 Å². The van der Waals surface area contributed by atoms with Crippen LogP contribution >= 0.6 is 0 Å². The lowest BCUT2D eigenvalue weighted by Gasteiger charge is -2.21. The molecule has 2 nitrogen and oxygen atoms in total. The molecule has 0 aliphatic heterocycles. The fraction of sp³-hybridized carbons (Fsp3) is 1.00. The van der Waals surface area contributed by atoms with Crippen LogP contribution in [0.3, 0.4) is 0 Å². The lowest BCUT2D eigenvalue weighted by molar-refractivity contribution is 0.331. The Balaban J connectivity index is 1.83. The van der Waals surface area contributed by atoms with Gasteiger partial charge in [0.15, 0.2) is 0 Å². The van der Waals surface area contributed by atoms with Gasteiger partial charge in [-0.1, -0.05) is 32.1 Å². The van der Waals surface area contributed by atoms with Crippen LogP contribution in [0.25, 0.3) is 0 Å². The molecule has 0 bridgehead atoms. The summed E-state index contributed by atoms with van der Waals surface area (Å²) in [5.41, 5.74) is 0. The molecular formula is C13H28N2. The summed E-state index contributed by atoms with van der Waals surface area (Å²) in [5, 5.41) is 3.56. The quantitative estimate of drug-likeness (QED) is 0.652. The zero-order valence-corrected chi connectivity index (χ0v) is 10.6. The molecule has 2 heteroatoms. The molecule has 1 fully saturated rings. The number of nitrogens with zero attached hydrogens (tertiary/aromatic N) is 1. The predicted octanol–water partition coefficient (Wildman–Crippen LogP) is 2.50. The molecule has 0 spiro atoms. The lowest BCUT2D eigenvalue weighted by atomic mass is 9.87. The summed E-state index contributed by atoms with van der Waals surface area (Å²) in [6.07, 6.45) is 10.1. The topological polar surface area (TPSA) is 15.3 Å². The Labute approximate surface area is 95.4 Å². The van der Waals surface area contributed by atoms with Crippen LogP contribution in [-0.4, -0.2) is 38.6 Å². The minimum absolute atomic E-state index is 1.03. The van der Waals surface area contributed by atoms with Crippen molar-refractivity contribution in [3.8, 4) is 0 Å². The smallest absolute Gasteiger partial charge is 0.00127 e. The van der Waals surface area contributed by atoms with Gasteiger partial charge in [-0.2, -0.15) is 0 Å². The molecule has 15 heavy (non-hydrogen) atoms. The van der Waals surface area contributed by atoms with Crippen LogP contribution in [0, 0.1) is 5.92 Å². The largest absolute Gasteiger partial charge is 0.317 e. The van der Waals surface area contributed by atoms with E-state index in [1.54, 1.807) is 0 Å². The second-order valence-electron chi connectivity index (χ2n) is 5.20. The first-order valence-corrected chi connectivity index (χ1v) is 6.64. The van der Waals surface area contributed by atoms with Crippen molar-refractivity contribution in [3.63, 3.8) is 0 Å². The van der Waals surface area contributed by atoms with Gasteiger partial charge < -0.3 is 10.2 Å². The van der Waals surface area contributed by atoms with Crippen molar-refractivity contribution in [3.05, 3.63) is 0 Å². The Morgan fingerprint density at radius 2 is 1.80 bits per heavy atom. The number of rotatable bonds is 7. The average molecular weight is 212 g/mol. The van der Waals surface area contributed by atoms with Crippen molar-refractivity contribution in [2.24, 2.45) is 5.92 Å². The Kier molecular flexibility index (Phi) is 7.03. The second-order valence-corrected chi connectivity index (χ2v) is 5.20. The third kappa shape index (κ3) is 6.91. The van der Waals surface area contributed by atoms with E-state index in [0.29, 0.717) is 0 Å². The third-order valence-electron chi connectivity index (χ3n) is 3.41. The highest BCUT2D eigenvalue weighted by atomic mass is 15.0. The molecule has 0 radical (unpaired) electrons. The van der Waals surface area contributed by atoms with Crippen LogP contribution in [-0.2, 0) is 0 Å². The highest BCUT2D eigenvalue weighted by molar-refractivity contribution is 4.66. The van der Waals surface area contributed by atoms with Crippen LogP contribution in [0.4, 0.5) is 0 Å². The van der Waals surface area contributed by atoms with Crippen molar-refractivity contribution in [1.29, 1.82) is 0 Å². The highest BCUT2D eigenvalue weighted by Gasteiger charge is 2.12. The van der Waals surface area contributed by atoms with Crippen molar-refractivity contribution in [2.75, 3.05) is 33.7 Å². The van der Waals surface area contributed by atoms with E-state index >= 15 is 0 Å². The molecule has 0 aromatic heterocycles. The van der Waals surface area contributed by atoms with E-state index in [2.05, 4.69) is 24.3 Å². The van der Waals surface area contributed by atoms with E-state index in [0.717, 1.165) is 5.92 Å². The van der Waals surface area contributed by atoms with E-state index in [9.17, 15) is 0 Å². The summed E-state index contributed by atoms with van der Waals surface area (Å²) in [6, 6.07) is 0. The summed E-state index contributed by atoms with van der Waals surface area (Å²) in [5.74, 6) is 1.03. The van der Waals surface area contributed by atoms with Gasteiger partial charge in [-0.15, -0.1) is 0 Å². The molecule has 1 N–H and O–H groups in total. The van der Waals surface area contributed by atoms with Gasteiger partial charge >= 0.3 is 0 Å². The van der Waals surface area contributed by atoms with Crippen LogP contribution in [0.1, 0.15) is 44.9 Å². The molecule has 1 aliphatic rings. The summed E-state index contributed by atoms with van der Waals surface area (Å²) < 4.78 is 0. The van der Waals surface area contributed by atoms with Crippen LogP contribution < -0.4 is 5.32 Å². The maximum absolute atomic E-state index is 3.56. The Bertz CT molecular complexity index is 139. The van der Waals surface area contributed by atoms with E-state index in [1.807, 2.05) is 0 Å². The lowest BCUT2D eigenvalue weighted by Crippen LogP contribution is -2.23. The van der Waals surface area contributed by atoms with Gasteiger partial charge in [0, 0.05) is 0 Å². The van der Waals surface area contributed by atoms with Gasteiger partial charge in [0.25, 0.3) is 0 Å². The van der Waals surface area contributed by atoms with Gasteiger partial charge in [0.2, 0.25) is 0 Å². The van der Waals surface area contributed by atoms with Gasteiger partial charge in [-0.3, -0.25) is 0 Å².